The van der Waals surface area contributed by atoms with Gasteiger partial charge in [-0.25, -0.2) is 13.1 Å². The standard InChI is InChI=1S/C21H29N5O4S2/c1-15-11-16(2)20(17(3)12-15)32(28,29)25-9-7-23(8-10-25)14-26-21(31)30-18(22-26)13-24-6-4-5-19(24)27/h11-12H,4-10,13-14H2,1-3H3. The van der Waals surface area contributed by atoms with Gasteiger partial charge in [0.25, 0.3) is 4.84 Å². The first-order chi connectivity index (χ1) is 15.1. The van der Waals surface area contributed by atoms with Crippen LogP contribution in [0.5, 0.6) is 0 Å². The summed E-state index contributed by atoms with van der Waals surface area (Å²) in [4.78, 5) is 16.3. The Morgan fingerprint density at radius 2 is 1.72 bits per heavy atom. The van der Waals surface area contributed by atoms with E-state index < -0.39 is 10.0 Å². The van der Waals surface area contributed by atoms with Crippen LogP contribution in [0, 0.1) is 25.6 Å². The Balaban J connectivity index is 1.39. The molecule has 1 aromatic heterocycles. The van der Waals surface area contributed by atoms with Gasteiger partial charge in [0, 0.05) is 39.1 Å². The maximum Gasteiger partial charge on any atom is 0.288 e. The third kappa shape index (κ3) is 4.66. The van der Waals surface area contributed by atoms with Crippen molar-refractivity contribution in [2.45, 2.75) is 51.7 Å². The molecule has 0 radical (unpaired) electrons. The molecule has 0 saturated carbocycles. The van der Waals surface area contributed by atoms with E-state index >= 15 is 0 Å². The Labute approximate surface area is 193 Å². The first kappa shape index (κ1) is 23.1. The lowest BCUT2D eigenvalue weighted by molar-refractivity contribution is -0.128. The summed E-state index contributed by atoms with van der Waals surface area (Å²) < 4.78 is 35.3. The van der Waals surface area contributed by atoms with Crippen LogP contribution in [0.15, 0.2) is 21.4 Å². The minimum Gasteiger partial charge on any atom is -0.412 e. The molecule has 9 nitrogen and oxygen atoms in total. The number of aryl methyl sites for hydroxylation is 3. The van der Waals surface area contributed by atoms with E-state index in [9.17, 15) is 13.2 Å². The van der Waals surface area contributed by atoms with E-state index in [1.807, 2.05) is 32.9 Å². The molecule has 0 spiro atoms. The normalized spacial score (nSPS) is 18.6. The molecule has 0 aliphatic carbocycles. The lowest BCUT2D eigenvalue weighted by Crippen LogP contribution is -2.49. The van der Waals surface area contributed by atoms with E-state index in [1.165, 1.54) is 0 Å². The van der Waals surface area contributed by atoms with Gasteiger partial charge < -0.3 is 9.32 Å². The zero-order valence-corrected chi connectivity index (χ0v) is 20.3. The molecule has 2 fully saturated rings. The maximum atomic E-state index is 13.3. The van der Waals surface area contributed by atoms with Gasteiger partial charge in [-0.15, -0.1) is 5.10 Å². The summed E-state index contributed by atoms with van der Waals surface area (Å²) in [7, 11) is -3.55. The summed E-state index contributed by atoms with van der Waals surface area (Å²) in [6.45, 7) is 9.07. The number of hydrogen-bond acceptors (Lipinski definition) is 7. The molecule has 1 aromatic carbocycles. The molecule has 0 bridgehead atoms. The maximum absolute atomic E-state index is 13.3. The molecule has 2 saturated heterocycles. The average molecular weight is 480 g/mol. The van der Waals surface area contributed by atoms with Crippen LogP contribution in [0.1, 0.15) is 35.4 Å². The minimum atomic E-state index is -3.55. The van der Waals surface area contributed by atoms with Crippen molar-refractivity contribution < 1.29 is 17.6 Å². The number of likely N-dealkylation sites (tertiary alicyclic amines) is 1. The molecule has 0 N–H and O–H groups in total. The summed E-state index contributed by atoms with van der Waals surface area (Å²) in [5.41, 5.74) is 2.62. The fourth-order valence-electron chi connectivity index (χ4n) is 4.54. The van der Waals surface area contributed by atoms with Gasteiger partial charge in [0.2, 0.25) is 21.8 Å². The molecular weight excluding hydrogens is 450 g/mol. The van der Waals surface area contributed by atoms with Crippen molar-refractivity contribution in [1.29, 1.82) is 0 Å². The summed E-state index contributed by atoms with van der Waals surface area (Å²) in [6, 6.07) is 3.82. The number of piperazine rings is 1. The predicted molar refractivity (Wildman–Crippen MR) is 121 cm³/mol. The number of hydrogen-bond donors (Lipinski definition) is 0. The highest BCUT2D eigenvalue weighted by atomic mass is 32.2. The number of benzene rings is 1. The highest BCUT2D eigenvalue weighted by molar-refractivity contribution is 7.89. The van der Waals surface area contributed by atoms with E-state index in [1.54, 1.807) is 13.9 Å². The zero-order valence-electron chi connectivity index (χ0n) is 18.7. The van der Waals surface area contributed by atoms with Gasteiger partial charge in [-0.3, -0.25) is 9.69 Å². The van der Waals surface area contributed by atoms with Crippen LogP contribution in [0.3, 0.4) is 0 Å². The number of carbonyl (C=O) groups excluding carboxylic acids is 1. The molecular formula is C21H29N5O4S2. The van der Waals surface area contributed by atoms with E-state index in [-0.39, 0.29) is 10.7 Å². The van der Waals surface area contributed by atoms with Crippen LogP contribution in [0.25, 0.3) is 0 Å². The Morgan fingerprint density at radius 3 is 2.31 bits per heavy atom. The van der Waals surface area contributed by atoms with E-state index in [4.69, 9.17) is 16.6 Å². The predicted octanol–water partition coefficient (Wildman–Crippen LogP) is 2.22. The second kappa shape index (κ2) is 9.05. The van der Waals surface area contributed by atoms with Crippen LogP contribution in [0.2, 0.25) is 0 Å². The average Bonchev–Trinajstić information content (AvgIpc) is 3.26. The van der Waals surface area contributed by atoms with Crippen LogP contribution in [0.4, 0.5) is 0 Å². The minimum absolute atomic E-state index is 0.108. The summed E-state index contributed by atoms with van der Waals surface area (Å²) in [5.74, 6) is 0.536. The van der Waals surface area contributed by atoms with E-state index in [2.05, 4.69) is 10.00 Å². The fourth-order valence-corrected chi connectivity index (χ4v) is 6.57. The van der Waals surface area contributed by atoms with Gasteiger partial charge >= 0.3 is 0 Å². The molecule has 0 unspecified atom stereocenters. The van der Waals surface area contributed by atoms with Gasteiger partial charge in [-0.1, -0.05) is 17.7 Å². The van der Waals surface area contributed by atoms with Gasteiger partial charge in [0.05, 0.1) is 18.1 Å². The molecule has 174 valence electrons. The number of sulfonamides is 1. The summed E-state index contributed by atoms with van der Waals surface area (Å²) in [6.07, 6.45) is 1.42. The Kier molecular flexibility index (Phi) is 6.53. The van der Waals surface area contributed by atoms with Crippen molar-refractivity contribution in [3.05, 3.63) is 39.6 Å². The first-order valence-electron chi connectivity index (χ1n) is 10.8. The van der Waals surface area contributed by atoms with Gasteiger partial charge in [-0.2, -0.15) is 4.31 Å². The molecule has 11 heteroatoms. The third-order valence-corrected chi connectivity index (χ3v) is 8.51. The molecule has 2 aliphatic heterocycles. The fraction of sp³-hybridized carbons (Fsp3) is 0.571. The molecule has 2 aromatic rings. The van der Waals surface area contributed by atoms with Crippen molar-refractivity contribution in [1.82, 2.24) is 23.9 Å². The largest absolute Gasteiger partial charge is 0.412 e. The van der Waals surface area contributed by atoms with Crippen LogP contribution >= 0.6 is 12.2 Å². The second-order valence-corrected chi connectivity index (χ2v) is 10.8. The summed E-state index contributed by atoms with van der Waals surface area (Å²) >= 11 is 5.29. The molecule has 1 amide bonds. The molecule has 4 rings (SSSR count). The third-order valence-electron chi connectivity index (χ3n) is 6.01. The number of aromatic nitrogens is 2. The van der Waals surface area contributed by atoms with Crippen molar-refractivity contribution in [3.63, 3.8) is 0 Å². The first-order valence-corrected chi connectivity index (χ1v) is 12.6. The van der Waals surface area contributed by atoms with Gasteiger partial charge in [0.1, 0.15) is 0 Å². The Bertz CT molecular complexity index is 1160. The topological polar surface area (TPSA) is 91.9 Å². The number of amides is 1. The number of carbonyl (C=O) groups is 1. The number of rotatable bonds is 6. The van der Waals surface area contributed by atoms with Crippen molar-refractivity contribution >= 4 is 28.1 Å². The van der Waals surface area contributed by atoms with Gasteiger partial charge in [0.15, 0.2) is 0 Å². The molecule has 32 heavy (non-hydrogen) atoms. The number of nitrogens with zero attached hydrogens (tertiary/aromatic N) is 5. The van der Waals surface area contributed by atoms with Crippen LogP contribution < -0.4 is 0 Å². The molecule has 2 aliphatic rings. The van der Waals surface area contributed by atoms with Crippen molar-refractivity contribution in [2.24, 2.45) is 0 Å². The van der Waals surface area contributed by atoms with E-state index in [0.717, 1.165) is 23.1 Å². The Hall–Kier alpha value is -2.08. The monoisotopic (exact) mass is 479 g/mol. The van der Waals surface area contributed by atoms with E-state index in [0.29, 0.717) is 63.1 Å². The zero-order chi connectivity index (χ0) is 23.0. The van der Waals surface area contributed by atoms with Crippen LogP contribution in [-0.2, 0) is 28.0 Å². The van der Waals surface area contributed by atoms with Crippen molar-refractivity contribution in [2.75, 3.05) is 32.7 Å². The molecule has 3 heterocycles. The van der Waals surface area contributed by atoms with Gasteiger partial charge in [-0.05, 0) is 50.5 Å². The highest BCUT2D eigenvalue weighted by Gasteiger charge is 2.31. The van der Waals surface area contributed by atoms with Crippen LogP contribution in [-0.4, -0.2) is 70.9 Å². The Morgan fingerprint density at radius 1 is 1.06 bits per heavy atom. The highest BCUT2D eigenvalue weighted by Crippen LogP contribution is 2.26. The smallest absolute Gasteiger partial charge is 0.288 e. The SMILES string of the molecule is Cc1cc(C)c(S(=O)(=O)N2CCN(Cn3nc(CN4CCCC4=O)oc3=S)CC2)c(C)c1. The quantitative estimate of drug-likeness (QED) is 0.587. The van der Waals surface area contributed by atoms with Crippen molar-refractivity contribution in [3.8, 4) is 0 Å². The second-order valence-electron chi connectivity index (χ2n) is 8.57. The lowest BCUT2D eigenvalue weighted by atomic mass is 10.1. The lowest BCUT2D eigenvalue weighted by Gasteiger charge is -2.34. The summed E-state index contributed by atoms with van der Waals surface area (Å²) in [5, 5.41) is 4.43. The molecule has 0 atom stereocenters.